The fourth-order valence-electron chi connectivity index (χ4n) is 2.01. The van der Waals surface area contributed by atoms with Crippen molar-refractivity contribution in [1.82, 2.24) is 0 Å². The van der Waals surface area contributed by atoms with Gasteiger partial charge in [0.1, 0.15) is 0 Å². The molecule has 0 heterocycles. The van der Waals surface area contributed by atoms with Gasteiger partial charge >= 0.3 is 0 Å². The van der Waals surface area contributed by atoms with Gasteiger partial charge in [0.25, 0.3) is 0 Å². The van der Waals surface area contributed by atoms with E-state index in [1.165, 1.54) is 63.4 Å². The summed E-state index contributed by atoms with van der Waals surface area (Å²) >= 11 is 0. The third kappa shape index (κ3) is 11.5. The van der Waals surface area contributed by atoms with Crippen LogP contribution in [0.5, 0.6) is 0 Å². The van der Waals surface area contributed by atoms with Gasteiger partial charge < -0.3 is 4.74 Å². The van der Waals surface area contributed by atoms with Crippen molar-refractivity contribution in [2.24, 2.45) is 0 Å². The summed E-state index contributed by atoms with van der Waals surface area (Å²) in [5.41, 5.74) is 1.49. The molecule has 1 heteroatoms. The highest BCUT2D eigenvalue weighted by Gasteiger charge is 1.99. The molecule has 0 aliphatic heterocycles. The summed E-state index contributed by atoms with van der Waals surface area (Å²) in [5, 5.41) is 0. The molecule has 0 spiro atoms. The second-order valence-corrected chi connectivity index (χ2v) is 4.71. The highest BCUT2D eigenvalue weighted by Crippen LogP contribution is 2.17. The van der Waals surface area contributed by atoms with Crippen LogP contribution in [-0.2, 0) is 4.74 Å². The number of allylic oxidation sites excluding steroid dienone is 2. The normalized spacial score (nSPS) is 11.5. The molecule has 0 aromatic rings. The minimum absolute atomic E-state index is 1.16. The van der Waals surface area contributed by atoms with E-state index in [-0.39, 0.29) is 0 Å². The molecule has 17 heavy (non-hydrogen) atoms. The standard InChI is InChI=1S/C16H30O/c1-4-6-8-9-10-12-14-16(15-17-3)13-11-7-5-2/h4,15H,1,5-14H2,2-3H3/b16-15+. The summed E-state index contributed by atoms with van der Waals surface area (Å²) in [7, 11) is 1.75. The van der Waals surface area contributed by atoms with Gasteiger partial charge in [0, 0.05) is 0 Å². The summed E-state index contributed by atoms with van der Waals surface area (Å²) in [6, 6.07) is 0. The third-order valence-electron chi connectivity index (χ3n) is 3.04. The van der Waals surface area contributed by atoms with Crippen molar-refractivity contribution < 1.29 is 4.74 Å². The first kappa shape index (κ1) is 16.3. The van der Waals surface area contributed by atoms with Crippen LogP contribution >= 0.6 is 0 Å². The molecular formula is C16H30O. The van der Waals surface area contributed by atoms with Gasteiger partial charge in [-0.15, -0.1) is 6.58 Å². The van der Waals surface area contributed by atoms with Crippen LogP contribution in [0.1, 0.15) is 71.1 Å². The Labute approximate surface area is 108 Å². The SMILES string of the molecule is C=CCCCCCC/C(=C/OC)CCCCC. The summed E-state index contributed by atoms with van der Waals surface area (Å²) in [5.74, 6) is 0. The monoisotopic (exact) mass is 238 g/mol. The van der Waals surface area contributed by atoms with Crippen molar-refractivity contribution in [3.05, 3.63) is 24.5 Å². The van der Waals surface area contributed by atoms with Crippen LogP contribution < -0.4 is 0 Å². The number of ether oxygens (including phenoxy) is 1. The lowest BCUT2D eigenvalue weighted by molar-refractivity contribution is 0.330. The van der Waals surface area contributed by atoms with Crippen LogP contribution in [0.4, 0.5) is 0 Å². The van der Waals surface area contributed by atoms with E-state index in [9.17, 15) is 0 Å². The van der Waals surface area contributed by atoms with Gasteiger partial charge in [0.15, 0.2) is 0 Å². The van der Waals surface area contributed by atoms with Crippen molar-refractivity contribution in [3.63, 3.8) is 0 Å². The van der Waals surface area contributed by atoms with Crippen molar-refractivity contribution >= 4 is 0 Å². The Kier molecular flexibility index (Phi) is 12.8. The van der Waals surface area contributed by atoms with Gasteiger partial charge in [0.2, 0.25) is 0 Å². The second-order valence-electron chi connectivity index (χ2n) is 4.71. The largest absolute Gasteiger partial charge is 0.504 e. The molecule has 0 aromatic heterocycles. The Morgan fingerprint density at radius 1 is 1.00 bits per heavy atom. The lowest BCUT2D eigenvalue weighted by atomic mass is 10.0. The van der Waals surface area contributed by atoms with Crippen molar-refractivity contribution in [2.45, 2.75) is 71.1 Å². The maximum absolute atomic E-state index is 5.15. The number of hydrogen-bond acceptors (Lipinski definition) is 1. The summed E-state index contributed by atoms with van der Waals surface area (Å²) in [4.78, 5) is 0. The zero-order chi connectivity index (χ0) is 12.8. The molecular weight excluding hydrogens is 208 g/mol. The molecule has 0 atom stereocenters. The topological polar surface area (TPSA) is 9.23 Å². The fourth-order valence-corrected chi connectivity index (χ4v) is 2.01. The highest BCUT2D eigenvalue weighted by atomic mass is 16.5. The molecule has 0 aliphatic carbocycles. The van der Waals surface area contributed by atoms with Gasteiger partial charge in [-0.1, -0.05) is 38.7 Å². The second kappa shape index (κ2) is 13.3. The van der Waals surface area contributed by atoms with Crippen LogP contribution in [0.25, 0.3) is 0 Å². The number of rotatable bonds is 12. The maximum atomic E-state index is 5.15. The Morgan fingerprint density at radius 3 is 2.24 bits per heavy atom. The first-order valence-electron chi connectivity index (χ1n) is 7.16. The maximum Gasteiger partial charge on any atom is 0.0816 e. The molecule has 0 N–H and O–H groups in total. The smallest absolute Gasteiger partial charge is 0.0816 e. The molecule has 0 saturated carbocycles. The lowest BCUT2D eigenvalue weighted by Crippen LogP contribution is -1.88. The van der Waals surface area contributed by atoms with Crippen molar-refractivity contribution in [2.75, 3.05) is 7.11 Å². The molecule has 0 saturated heterocycles. The first-order chi connectivity index (χ1) is 8.35. The van der Waals surface area contributed by atoms with Gasteiger partial charge in [-0.2, -0.15) is 0 Å². The van der Waals surface area contributed by atoms with Crippen LogP contribution in [0, 0.1) is 0 Å². The molecule has 0 rings (SSSR count). The predicted octanol–water partition coefficient (Wildman–Crippen LogP) is 5.62. The molecule has 0 unspecified atom stereocenters. The molecule has 0 aliphatic rings. The van der Waals surface area contributed by atoms with Gasteiger partial charge in [0.05, 0.1) is 13.4 Å². The number of methoxy groups -OCH3 is 1. The Bertz CT molecular complexity index is 194. The Balaban J connectivity index is 3.56. The minimum Gasteiger partial charge on any atom is -0.504 e. The van der Waals surface area contributed by atoms with Crippen molar-refractivity contribution in [1.29, 1.82) is 0 Å². The van der Waals surface area contributed by atoms with Crippen molar-refractivity contribution in [3.8, 4) is 0 Å². The van der Waals surface area contributed by atoms with E-state index < -0.39 is 0 Å². The molecule has 0 radical (unpaired) electrons. The van der Waals surface area contributed by atoms with E-state index in [2.05, 4.69) is 13.5 Å². The molecule has 0 amide bonds. The van der Waals surface area contributed by atoms with E-state index in [4.69, 9.17) is 4.74 Å². The van der Waals surface area contributed by atoms with Gasteiger partial charge in [-0.25, -0.2) is 0 Å². The first-order valence-corrected chi connectivity index (χ1v) is 7.16. The third-order valence-corrected chi connectivity index (χ3v) is 3.04. The molecule has 1 nitrogen and oxygen atoms in total. The van der Waals surface area contributed by atoms with Crippen LogP contribution in [0.2, 0.25) is 0 Å². The zero-order valence-electron chi connectivity index (χ0n) is 11.8. The van der Waals surface area contributed by atoms with E-state index in [1.54, 1.807) is 7.11 Å². The van der Waals surface area contributed by atoms with Gasteiger partial charge in [-0.05, 0) is 44.1 Å². The van der Waals surface area contributed by atoms with Crippen LogP contribution in [0.3, 0.4) is 0 Å². The quantitative estimate of drug-likeness (QED) is 0.243. The lowest BCUT2D eigenvalue weighted by Gasteiger charge is -2.07. The van der Waals surface area contributed by atoms with E-state index in [1.807, 2.05) is 12.3 Å². The molecule has 100 valence electrons. The van der Waals surface area contributed by atoms with Crippen LogP contribution in [0.15, 0.2) is 24.5 Å². The fraction of sp³-hybridized carbons (Fsp3) is 0.750. The summed E-state index contributed by atoms with van der Waals surface area (Å²) in [6.07, 6.45) is 16.8. The minimum atomic E-state index is 1.16. The summed E-state index contributed by atoms with van der Waals surface area (Å²) < 4.78 is 5.15. The number of unbranched alkanes of at least 4 members (excludes halogenated alkanes) is 6. The molecule has 0 bridgehead atoms. The average molecular weight is 238 g/mol. The predicted molar refractivity (Wildman–Crippen MR) is 77.1 cm³/mol. The molecule has 0 fully saturated rings. The van der Waals surface area contributed by atoms with Crippen LogP contribution in [-0.4, -0.2) is 7.11 Å². The summed E-state index contributed by atoms with van der Waals surface area (Å²) in [6.45, 7) is 6.00. The average Bonchev–Trinajstić information content (AvgIpc) is 2.34. The van der Waals surface area contributed by atoms with E-state index in [0.29, 0.717) is 0 Å². The molecule has 0 aromatic carbocycles. The number of hydrogen-bond donors (Lipinski definition) is 0. The van der Waals surface area contributed by atoms with Gasteiger partial charge in [-0.3, -0.25) is 0 Å². The van der Waals surface area contributed by atoms with E-state index in [0.717, 1.165) is 6.42 Å². The van der Waals surface area contributed by atoms with E-state index >= 15 is 0 Å². The highest BCUT2D eigenvalue weighted by molar-refractivity contribution is 4.97. The zero-order valence-corrected chi connectivity index (χ0v) is 11.8. The Hall–Kier alpha value is -0.720. The Morgan fingerprint density at radius 2 is 1.65 bits per heavy atom.